The van der Waals surface area contributed by atoms with Crippen LogP contribution >= 0.6 is 12.2 Å². The average Bonchev–Trinajstić information content (AvgIpc) is 2.75. The Hall–Kier alpha value is -0.970. The van der Waals surface area contributed by atoms with Crippen molar-refractivity contribution in [2.75, 3.05) is 33.7 Å². The van der Waals surface area contributed by atoms with Gasteiger partial charge in [-0.15, -0.1) is 0 Å². The van der Waals surface area contributed by atoms with Crippen LogP contribution in [0.4, 0.5) is 0 Å². The molecule has 2 rings (SSSR count). The molecule has 0 amide bonds. The minimum Gasteiger partial charge on any atom is -0.389 e. The molecule has 1 unspecified atom stereocenters. The predicted molar refractivity (Wildman–Crippen MR) is 84.3 cm³/mol. The van der Waals surface area contributed by atoms with E-state index < -0.39 is 0 Å². The first-order valence-corrected chi connectivity index (χ1v) is 7.22. The van der Waals surface area contributed by atoms with E-state index in [9.17, 15) is 0 Å². The van der Waals surface area contributed by atoms with Crippen LogP contribution in [0.3, 0.4) is 0 Å². The van der Waals surface area contributed by atoms with Crippen LogP contribution in [0.1, 0.15) is 17.5 Å². The van der Waals surface area contributed by atoms with Crippen LogP contribution in [0.25, 0.3) is 0 Å². The molecule has 19 heavy (non-hydrogen) atoms. The van der Waals surface area contributed by atoms with Gasteiger partial charge in [-0.2, -0.15) is 0 Å². The fraction of sp³-hybridized carbons (Fsp3) is 0.533. The molecule has 0 aliphatic carbocycles. The highest BCUT2D eigenvalue weighted by atomic mass is 32.1. The third-order valence-electron chi connectivity index (χ3n) is 3.78. The quantitative estimate of drug-likeness (QED) is 0.831. The van der Waals surface area contributed by atoms with Crippen LogP contribution in [0.2, 0.25) is 0 Å². The van der Waals surface area contributed by atoms with Crippen molar-refractivity contribution in [2.45, 2.75) is 13.0 Å². The normalized spacial score (nSPS) is 20.1. The van der Waals surface area contributed by atoms with Gasteiger partial charge < -0.3 is 15.5 Å². The molecule has 0 saturated carbocycles. The van der Waals surface area contributed by atoms with Gasteiger partial charge >= 0.3 is 0 Å². The first-order chi connectivity index (χ1) is 9.06. The summed E-state index contributed by atoms with van der Waals surface area (Å²) in [5.41, 5.74) is 8.01. The number of nitrogens with two attached hydrogens (primary N) is 1. The zero-order valence-electron chi connectivity index (χ0n) is 11.8. The van der Waals surface area contributed by atoms with E-state index in [0.29, 0.717) is 4.99 Å². The molecule has 104 valence electrons. The number of hydrogen-bond donors (Lipinski definition) is 1. The maximum absolute atomic E-state index is 5.78. The van der Waals surface area contributed by atoms with E-state index in [1.54, 1.807) is 0 Å². The molecule has 1 fully saturated rings. The minimum atomic E-state index is 0.490. The van der Waals surface area contributed by atoms with E-state index in [1.165, 1.54) is 25.1 Å². The summed E-state index contributed by atoms with van der Waals surface area (Å²) in [5.74, 6) is 0.784. The van der Waals surface area contributed by atoms with Gasteiger partial charge in [0.2, 0.25) is 0 Å². The lowest BCUT2D eigenvalue weighted by atomic mass is 10.1. The second-order valence-corrected chi connectivity index (χ2v) is 6.07. The van der Waals surface area contributed by atoms with Crippen LogP contribution in [-0.2, 0) is 6.54 Å². The van der Waals surface area contributed by atoms with Gasteiger partial charge in [-0.25, -0.2) is 0 Å². The molecule has 2 N–H and O–H groups in total. The Morgan fingerprint density at radius 1 is 1.47 bits per heavy atom. The van der Waals surface area contributed by atoms with Crippen LogP contribution < -0.4 is 5.73 Å². The Morgan fingerprint density at radius 2 is 2.21 bits per heavy atom. The summed E-state index contributed by atoms with van der Waals surface area (Å²) in [4.78, 5) is 5.27. The van der Waals surface area contributed by atoms with E-state index >= 15 is 0 Å². The van der Waals surface area contributed by atoms with Gasteiger partial charge in [0.05, 0.1) is 0 Å². The molecule has 0 radical (unpaired) electrons. The average molecular weight is 277 g/mol. The largest absolute Gasteiger partial charge is 0.389 e. The first-order valence-electron chi connectivity index (χ1n) is 6.81. The molecule has 1 heterocycles. The third kappa shape index (κ3) is 4.00. The molecule has 4 heteroatoms. The third-order valence-corrected chi connectivity index (χ3v) is 4.00. The van der Waals surface area contributed by atoms with Crippen LogP contribution in [-0.4, -0.2) is 48.5 Å². The summed E-state index contributed by atoms with van der Waals surface area (Å²) < 4.78 is 0. The highest BCUT2D eigenvalue weighted by Gasteiger charge is 2.20. The number of hydrogen-bond acceptors (Lipinski definition) is 3. The van der Waals surface area contributed by atoms with Crippen molar-refractivity contribution in [1.82, 2.24) is 9.80 Å². The van der Waals surface area contributed by atoms with E-state index in [4.69, 9.17) is 18.0 Å². The highest BCUT2D eigenvalue weighted by Crippen LogP contribution is 2.17. The number of nitrogens with zero attached hydrogens (tertiary/aromatic N) is 2. The fourth-order valence-electron chi connectivity index (χ4n) is 2.87. The second kappa shape index (κ2) is 6.46. The van der Waals surface area contributed by atoms with Crippen LogP contribution in [0, 0.1) is 5.92 Å². The Bertz CT molecular complexity index is 447. The van der Waals surface area contributed by atoms with E-state index in [0.717, 1.165) is 24.6 Å². The highest BCUT2D eigenvalue weighted by molar-refractivity contribution is 7.80. The van der Waals surface area contributed by atoms with Crippen molar-refractivity contribution in [2.24, 2.45) is 11.7 Å². The number of benzene rings is 1. The molecular formula is C15H23N3S. The molecule has 0 bridgehead atoms. The zero-order valence-corrected chi connectivity index (χ0v) is 12.6. The maximum Gasteiger partial charge on any atom is 0.104 e. The Balaban J connectivity index is 1.95. The van der Waals surface area contributed by atoms with E-state index in [1.807, 2.05) is 18.2 Å². The van der Waals surface area contributed by atoms with Crippen molar-refractivity contribution in [3.05, 3.63) is 35.4 Å². The summed E-state index contributed by atoms with van der Waals surface area (Å²) >= 11 is 5.11. The smallest absolute Gasteiger partial charge is 0.104 e. The monoisotopic (exact) mass is 277 g/mol. The number of thiocarbonyl (C=S) groups is 1. The van der Waals surface area contributed by atoms with Gasteiger partial charge in [0.1, 0.15) is 4.99 Å². The predicted octanol–water partition coefficient (Wildman–Crippen LogP) is 1.70. The molecule has 1 aliphatic heterocycles. The molecule has 1 saturated heterocycles. The van der Waals surface area contributed by atoms with Crippen molar-refractivity contribution < 1.29 is 0 Å². The Kier molecular flexibility index (Phi) is 4.91. The van der Waals surface area contributed by atoms with Gasteiger partial charge in [0, 0.05) is 25.2 Å². The van der Waals surface area contributed by atoms with Gasteiger partial charge in [0.25, 0.3) is 0 Å². The van der Waals surface area contributed by atoms with Gasteiger partial charge in [-0.1, -0.05) is 36.5 Å². The topological polar surface area (TPSA) is 32.5 Å². The molecule has 3 nitrogen and oxygen atoms in total. The van der Waals surface area contributed by atoms with Crippen LogP contribution in [0.15, 0.2) is 24.3 Å². The minimum absolute atomic E-state index is 0.490. The van der Waals surface area contributed by atoms with E-state index in [2.05, 4.69) is 30.0 Å². The van der Waals surface area contributed by atoms with Crippen molar-refractivity contribution in [3.8, 4) is 0 Å². The van der Waals surface area contributed by atoms with Crippen molar-refractivity contribution in [3.63, 3.8) is 0 Å². The fourth-order valence-corrected chi connectivity index (χ4v) is 3.07. The van der Waals surface area contributed by atoms with Gasteiger partial charge in [-0.05, 0) is 38.5 Å². The standard InChI is InChI=1S/C15H23N3S/c1-17-8-7-12(9-17)10-18(2)11-13-5-3-4-6-14(13)15(16)19/h3-6,12H,7-11H2,1-2H3,(H2,16,19). The van der Waals surface area contributed by atoms with Gasteiger partial charge in [-0.3, -0.25) is 0 Å². The van der Waals surface area contributed by atoms with E-state index in [-0.39, 0.29) is 0 Å². The summed E-state index contributed by atoms with van der Waals surface area (Å²) in [6, 6.07) is 8.17. The molecule has 1 aliphatic rings. The lowest BCUT2D eigenvalue weighted by Gasteiger charge is -2.22. The first kappa shape index (κ1) is 14.4. The lowest BCUT2D eigenvalue weighted by molar-refractivity contribution is 0.267. The van der Waals surface area contributed by atoms with Crippen LogP contribution in [0.5, 0.6) is 0 Å². The molecule has 0 spiro atoms. The maximum atomic E-state index is 5.78. The molecule has 1 atom stereocenters. The lowest BCUT2D eigenvalue weighted by Crippen LogP contribution is -2.28. The summed E-state index contributed by atoms with van der Waals surface area (Å²) in [6.45, 7) is 4.48. The SMILES string of the molecule is CN1CCC(CN(C)Cc2ccccc2C(N)=S)C1. The molecule has 1 aromatic rings. The Labute approximate surface area is 121 Å². The molecular weight excluding hydrogens is 254 g/mol. The second-order valence-electron chi connectivity index (χ2n) is 5.64. The van der Waals surface area contributed by atoms with Crippen molar-refractivity contribution >= 4 is 17.2 Å². The summed E-state index contributed by atoms with van der Waals surface area (Å²) in [6.07, 6.45) is 1.30. The summed E-state index contributed by atoms with van der Waals surface area (Å²) in [5, 5.41) is 0. The molecule has 1 aromatic carbocycles. The zero-order chi connectivity index (χ0) is 13.8. The number of likely N-dealkylation sites (tertiary alicyclic amines) is 1. The number of rotatable bonds is 5. The molecule has 0 aromatic heterocycles. The van der Waals surface area contributed by atoms with Gasteiger partial charge in [0.15, 0.2) is 0 Å². The Morgan fingerprint density at radius 3 is 2.84 bits per heavy atom. The van der Waals surface area contributed by atoms with Crippen molar-refractivity contribution in [1.29, 1.82) is 0 Å². The summed E-state index contributed by atoms with van der Waals surface area (Å²) in [7, 11) is 4.37.